The van der Waals surface area contributed by atoms with Crippen LogP contribution in [0.4, 0.5) is 10.1 Å². The summed E-state index contributed by atoms with van der Waals surface area (Å²) in [6, 6.07) is 13.7. The van der Waals surface area contributed by atoms with Crippen LogP contribution in [0, 0.1) is 5.82 Å². The molecule has 0 unspecified atom stereocenters. The number of hydrogen-bond acceptors (Lipinski definition) is 5. The zero-order valence-electron chi connectivity index (χ0n) is 12.9. The van der Waals surface area contributed by atoms with Crippen LogP contribution in [0.2, 0.25) is 0 Å². The predicted molar refractivity (Wildman–Crippen MR) is 94.0 cm³/mol. The number of carbonyl (C=O) groups excluding carboxylic acids is 1. The minimum absolute atomic E-state index is 0.0855. The van der Waals surface area contributed by atoms with Crippen molar-refractivity contribution >= 4 is 40.0 Å². The van der Waals surface area contributed by atoms with Gasteiger partial charge in [-0.15, -0.1) is 10.2 Å². The summed E-state index contributed by atoms with van der Waals surface area (Å²) < 4.78 is 15.4. The molecule has 4 aromatic rings. The van der Waals surface area contributed by atoms with Crippen LogP contribution in [0.15, 0.2) is 59.9 Å². The third kappa shape index (κ3) is 3.03. The van der Waals surface area contributed by atoms with Crippen LogP contribution >= 0.6 is 11.8 Å². The topological polar surface area (TPSA) is 72.2 Å². The summed E-state index contributed by atoms with van der Waals surface area (Å²) in [5.41, 5.74) is 2.42. The molecular formula is C17H12FN5OS. The van der Waals surface area contributed by atoms with E-state index in [1.165, 1.54) is 23.9 Å². The van der Waals surface area contributed by atoms with Gasteiger partial charge in [0.05, 0.1) is 22.5 Å². The normalized spacial score (nSPS) is 11.1. The summed E-state index contributed by atoms with van der Waals surface area (Å²) in [6.45, 7) is 0. The van der Waals surface area contributed by atoms with E-state index in [1.54, 1.807) is 18.5 Å². The van der Waals surface area contributed by atoms with Gasteiger partial charge in [-0.2, -0.15) is 0 Å². The van der Waals surface area contributed by atoms with E-state index in [9.17, 15) is 9.18 Å². The first-order valence-electron chi connectivity index (χ1n) is 7.48. The molecule has 1 amide bonds. The third-order valence-corrected chi connectivity index (χ3v) is 4.54. The minimum Gasteiger partial charge on any atom is -0.323 e. The number of hydrogen-bond donors (Lipinski definition) is 1. The third-order valence-electron chi connectivity index (χ3n) is 3.59. The highest BCUT2D eigenvalue weighted by Gasteiger charge is 2.13. The molecule has 2 aromatic carbocycles. The molecule has 0 aliphatic rings. The second-order valence-electron chi connectivity index (χ2n) is 5.25. The fraction of sp³-hybridized carbons (Fsp3) is 0.0588. The fourth-order valence-electron chi connectivity index (χ4n) is 2.46. The van der Waals surface area contributed by atoms with E-state index in [0.717, 1.165) is 11.0 Å². The first kappa shape index (κ1) is 15.5. The lowest BCUT2D eigenvalue weighted by molar-refractivity contribution is -0.113. The van der Waals surface area contributed by atoms with Crippen molar-refractivity contribution in [1.82, 2.24) is 19.6 Å². The molecule has 0 aliphatic carbocycles. The molecule has 0 saturated heterocycles. The molecule has 0 bridgehead atoms. The maximum Gasteiger partial charge on any atom is 0.234 e. The van der Waals surface area contributed by atoms with E-state index in [-0.39, 0.29) is 17.3 Å². The monoisotopic (exact) mass is 353 g/mol. The number of halogens is 1. The molecule has 0 atom stereocenters. The number of aromatic nitrogens is 4. The number of amides is 1. The largest absolute Gasteiger partial charge is 0.323 e. The van der Waals surface area contributed by atoms with Crippen LogP contribution in [-0.4, -0.2) is 31.2 Å². The Hall–Kier alpha value is -3.00. The van der Waals surface area contributed by atoms with Gasteiger partial charge in [-0.05, 0) is 24.3 Å². The highest BCUT2D eigenvalue weighted by atomic mass is 32.2. The molecule has 4 rings (SSSR count). The lowest BCUT2D eigenvalue weighted by Crippen LogP contribution is -2.15. The average Bonchev–Trinajstić information content (AvgIpc) is 3.12. The molecule has 124 valence electrons. The molecule has 1 N–H and O–H groups in total. The van der Waals surface area contributed by atoms with E-state index in [1.807, 2.05) is 28.7 Å². The lowest BCUT2D eigenvalue weighted by atomic mass is 10.3. The van der Waals surface area contributed by atoms with E-state index in [0.29, 0.717) is 10.7 Å². The molecule has 0 saturated carbocycles. The number of nitrogens with zero attached hydrogens (tertiary/aromatic N) is 4. The minimum atomic E-state index is -0.468. The Kier molecular flexibility index (Phi) is 4.02. The number of benzene rings is 2. The first-order chi connectivity index (χ1) is 12.2. The summed E-state index contributed by atoms with van der Waals surface area (Å²) in [4.78, 5) is 16.7. The number of fused-ring (bicyclic) bond motifs is 3. The molecule has 0 spiro atoms. The number of carbonyl (C=O) groups is 1. The van der Waals surface area contributed by atoms with Crippen molar-refractivity contribution in [2.24, 2.45) is 0 Å². The van der Waals surface area contributed by atoms with E-state index in [2.05, 4.69) is 20.5 Å². The molecular weight excluding hydrogens is 341 g/mol. The van der Waals surface area contributed by atoms with Crippen molar-refractivity contribution in [3.05, 3.63) is 60.7 Å². The maximum atomic E-state index is 13.6. The van der Waals surface area contributed by atoms with Crippen molar-refractivity contribution in [2.45, 2.75) is 5.03 Å². The first-order valence-corrected chi connectivity index (χ1v) is 8.46. The summed E-state index contributed by atoms with van der Waals surface area (Å²) in [7, 11) is 0. The zero-order chi connectivity index (χ0) is 17.2. The summed E-state index contributed by atoms with van der Waals surface area (Å²) >= 11 is 1.23. The highest BCUT2D eigenvalue weighted by Crippen LogP contribution is 2.24. The Morgan fingerprint density at radius 2 is 1.96 bits per heavy atom. The summed E-state index contributed by atoms with van der Waals surface area (Å²) in [5.74, 6) is -0.699. The van der Waals surface area contributed by atoms with Crippen LogP contribution in [0.3, 0.4) is 0 Å². The Bertz CT molecular complexity index is 1080. The zero-order valence-corrected chi connectivity index (χ0v) is 13.7. The Morgan fingerprint density at radius 3 is 2.84 bits per heavy atom. The van der Waals surface area contributed by atoms with Crippen molar-refractivity contribution in [3.63, 3.8) is 0 Å². The molecule has 0 radical (unpaired) electrons. The quantitative estimate of drug-likeness (QED) is 0.571. The van der Waals surface area contributed by atoms with Gasteiger partial charge >= 0.3 is 0 Å². The van der Waals surface area contributed by atoms with E-state index >= 15 is 0 Å². The van der Waals surface area contributed by atoms with Gasteiger partial charge in [0.1, 0.15) is 17.2 Å². The average molecular weight is 353 g/mol. The van der Waals surface area contributed by atoms with Crippen LogP contribution in [-0.2, 0) is 4.79 Å². The van der Waals surface area contributed by atoms with Gasteiger partial charge in [-0.3, -0.25) is 9.20 Å². The lowest BCUT2D eigenvalue weighted by Gasteiger charge is -2.07. The Labute approximate surface area is 146 Å². The van der Waals surface area contributed by atoms with E-state index in [4.69, 9.17) is 0 Å². The summed E-state index contributed by atoms with van der Waals surface area (Å²) in [6.07, 6.45) is 1.61. The fourth-order valence-corrected chi connectivity index (χ4v) is 3.23. The van der Waals surface area contributed by atoms with E-state index < -0.39 is 5.82 Å². The van der Waals surface area contributed by atoms with Gasteiger partial charge in [0.15, 0.2) is 5.65 Å². The molecule has 25 heavy (non-hydrogen) atoms. The predicted octanol–water partition coefficient (Wildman–Crippen LogP) is 3.15. The standard InChI is InChI=1S/C17H12FN5OS/c18-11-5-1-2-6-12(11)20-15(24)9-25-17-16-22-19-10-23(16)14-8-4-3-7-13(14)21-17/h1-8,10H,9H2,(H,20,24). The van der Waals surface area contributed by atoms with Gasteiger partial charge in [-0.1, -0.05) is 36.0 Å². The maximum absolute atomic E-state index is 13.6. The van der Waals surface area contributed by atoms with Crippen molar-refractivity contribution in [1.29, 1.82) is 0 Å². The number of para-hydroxylation sites is 3. The molecule has 2 aromatic heterocycles. The Morgan fingerprint density at radius 1 is 1.16 bits per heavy atom. The second kappa shape index (κ2) is 6.48. The van der Waals surface area contributed by atoms with Gasteiger partial charge in [0.2, 0.25) is 5.91 Å². The molecule has 0 aliphatic heterocycles. The number of nitrogens with one attached hydrogen (secondary N) is 1. The van der Waals surface area contributed by atoms with Crippen molar-refractivity contribution < 1.29 is 9.18 Å². The van der Waals surface area contributed by atoms with Crippen LogP contribution in [0.1, 0.15) is 0 Å². The van der Waals surface area contributed by atoms with Gasteiger partial charge in [0, 0.05) is 0 Å². The van der Waals surface area contributed by atoms with Crippen LogP contribution in [0.25, 0.3) is 16.7 Å². The van der Waals surface area contributed by atoms with Crippen LogP contribution in [0.5, 0.6) is 0 Å². The summed E-state index contributed by atoms with van der Waals surface area (Å²) in [5, 5.41) is 11.2. The van der Waals surface area contributed by atoms with Gasteiger partial charge in [0.25, 0.3) is 0 Å². The Balaban J connectivity index is 1.57. The number of anilines is 1. The second-order valence-corrected chi connectivity index (χ2v) is 6.21. The van der Waals surface area contributed by atoms with Gasteiger partial charge < -0.3 is 5.32 Å². The van der Waals surface area contributed by atoms with Crippen molar-refractivity contribution in [3.8, 4) is 0 Å². The molecule has 8 heteroatoms. The smallest absolute Gasteiger partial charge is 0.234 e. The molecule has 6 nitrogen and oxygen atoms in total. The SMILES string of the molecule is O=C(CSc1nc2ccccc2n2cnnc12)Nc1ccccc1F. The highest BCUT2D eigenvalue weighted by molar-refractivity contribution is 8.00. The van der Waals surface area contributed by atoms with Crippen molar-refractivity contribution in [2.75, 3.05) is 11.1 Å². The molecule has 0 fully saturated rings. The number of thioether (sulfide) groups is 1. The van der Waals surface area contributed by atoms with Gasteiger partial charge in [-0.25, -0.2) is 9.37 Å². The van der Waals surface area contributed by atoms with Crippen LogP contribution < -0.4 is 5.32 Å². The number of rotatable bonds is 4. The molecule has 2 heterocycles.